The molecule has 24 heavy (non-hydrogen) atoms. The van der Waals surface area contributed by atoms with Crippen molar-refractivity contribution in [1.29, 1.82) is 0 Å². The van der Waals surface area contributed by atoms with Gasteiger partial charge in [0.15, 0.2) is 5.82 Å². The fourth-order valence-corrected chi connectivity index (χ4v) is 2.99. The third-order valence-electron chi connectivity index (χ3n) is 4.36. The first-order valence-electron chi connectivity index (χ1n) is 8.60. The molecular formula is C18H24N4O2. The van der Waals surface area contributed by atoms with E-state index in [1.807, 2.05) is 31.2 Å². The summed E-state index contributed by atoms with van der Waals surface area (Å²) in [6.07, 6.45) is 4.00. The van der Waals surface area contributed by atoms with Crippen LogP contribution in [0.15, 0.2) is 28.8 Å². The van der Waals surface area contributed by atoms with E-state index in [2.05, 4.69) is 20.4 Å². The molecule has 1 fully saturated rings. The number of carbonyl (C=O) groups is 1. The van der Waals surface area contributed by atoms with Crippen LogP contribution in [0.2, 0.25) is 0 Å². The molecule has 1 aromatic carbocycles. The van der Waals surface area contributed by atoms with Crippen molar-refractivity contribution in [3.8, 4) is 11.5 Å². The fourth-order valence-electron chi connectivity index (χ4n) is 2.99. The van der Waals surface area contributed by atoms with Crippen molar-refractivity contribution < 1.29 is 9.32 Å². The second kappa shape index (κ2) is 8.06. The van der Waals surface area contributed by atoms with Crippen molar-refractivity contribution in [2.75, 3.05) is 26.2 Å². The highest BCUT2D eigenvalue weighted by molar-refractivity contribution is 5.77. The molecule has 1 saturated heterocycles. The zero-order chi connectivity index (χ0) is 16.8. The van der Waals surface area contributed by atoms with Gasteiger partial charge in [0.25, 0.3) is 5.89 Å². The minimum absolute atomic E-state index is 0.0656. The van der Waals surface area contributed by atoms with Crippen molar-refractivity contribution in [2.45, 2.75) is 32.6 Å². The van der Waals surface area contributed by atoms with Crippen molar-refractivity contribution >= 4 is 5.91 Å². The number of piperidine rings is 1. The molecule has 0 aliphatic carbocycles. The Balaban J connectivity index is 1.47. The predicted octanol–water partition coefficient (Wildman–Crippen LogP) is 2.19. The quantitative estimate of drug-likeness (QED) is 0.880. The van der Waals surface area contributed by atoms with Gasteiger partial charge in [-0.15, -0.1) is 0 Å². The Morgan fingerprint density at radius 3 is 2.83 bits per heavy atom. The van der Waals surface area contributed by atoms with Gasteiger partial charge in [0.05, 0.1) is 6.42 Å². The van der Waals surface area contributed by atoms with Gasteiger partial charge in [-0.2, -0.15) is 4.98 Å². The van der Waals surface area contributed by atoms with Gasteiger partial charge in [0.1, 0.15) is 0 Å². The molecule has 0 saturated carbocycles. The maximum absolute atomic E-state index is 12.0. The van der Waals surface area contributed by atoms with Gasteiger partial charge in [0.2, 0.25) is 5.91 Å². The zero-order valence-corrected chi connectivity index (χ0v) is 14.1. The molecule has 6 heteroatoms. The number of nitrogens with zero attached hydrogens (tertiary/aromatic N) is 3. The van der Waals surface area contributed by atoms with Gasteiger partial charge in [-0.1, -0.05) is 29.8 Å². The Morgan fingerprint density at radius 2 is 2.04 bits per heavy atom. The first-order valence-corrected chi connectivity index (χ1v) is 8.60. The summed E-state index contributed by atoms with van der Waals surface area (Å²) in [6, 6.07) is 7.82. The lowest BCUT2D eigenvalue weighted by Gasteiger charge is -2.26. The topological polar surface area (TPSA) is 71.3 Å². The monoisotopic (exact) mass is 328 g/mol. The van der Waals surface area contributed by atoms with E-state index in [1.165, 1.54) is 19.3 Å². The number of aryl methyl sites for hydroxylation is 1. The summed E-state index contributed by atoms with van der Waals surface area (Å²) in [7, 11) is 0. The van der Waals surface area contributed by atoms with Crippen LogP contribution in [0.5, 0.6) is 0 Å². The second-order valence-electron chi connectivity index (χ2n) is 6.26. The van der Waals surface area contributed by atoms with Crippen LogP contribution in [0.25, 0.3) is 11.5 Å². The lowest BCUT2D eigenvalue weighted by molar-refractivity contribution is -0.120. The number of aromatic nitrogens is 2. The maximum atomic E-state index is 12.0. The molecule has 1 amide bonds. The molecule has 0 atom stereocenters. The van der Waals surface area contributed by atoms with Gasteiger partial charge in [-0.05, 0) is 44.5 Å². The fraction of sp³-hybridized carbons (Fsp3) is 0.500. The van der Waals surface area contributed by atoms with Crippen LogP contribution in [0.4, 0.5) is 0 Å². The molecule has 0 unspecified atom stereocenters. The summed E-state index contributed by atoms with van der Waals surface area (Å²) >= 11 is 0. The molecule has 1 aliphatic rings. The van der Waals surface area contributed by atoms with Crippen molar-refractivity contribution in [1.82, 2.24) is 20.4 Å². The third kappa shape index (κ3) is 4.41. The average Bonchev–Trinajstić information content (AvgIpc) is 3.04. The van der Waals surface area contributed by atoms with Crippen molar-refractivity contribution in [3.63, 3.8) is 0 Å². The van der Waals surface area contributed by atoms with E-state index in [-0.39, 0.29) is 12.3 Å². The summed E-state index contributed by atoms with van der Waals surface area (Å²) in [5.41, 5.74) is 1.97. The summed E-state index contributed by atoms with van der Waals surface area (Å²) in [4.78, 5) is 18.7. The predicted molar refractivity (Wildman–Crippen MR) is 91.5 cm³/mol. The molecule has 2 aromatic rings. The van der Waals surface area contributed by atoms with E-state index in [4.69, 9.17) is 4.52 Å². The maximum Gasteiger partial charge on any atom is 0.258 e. The summed E-state index contributed by atoms with van der Waals surface area (Å²) in [6.45, 7) is 5.85. The number of carbonyl (C=O) groups excluding carboxylic acids is 1. The van der Waals surface area contributed by atoms with Crippen molar-refractivity contribution in [2.24, 2.45) is 0 Å². The number of hydrogen-bond acceptors (Lipinski definition) is 5. The second-order valence-corrected chi connectivity index (χ2v) is 6.26. The molecule has 0 radical (unpaired) electrons. The lowest BCUT2D eigenvalue weighted by Crippen LogP contribution is -2.38. The number of benzene rings is 1. The Bertz CT molecular complexity index is 677. The van der Waals surface area contributed by atoms with Crippen LogP contribution < -0.4 is 5.32 Å². The molecular weight excluding hydrogens is 304 g/mol. The standard InChI is InChI=1S/C18H24N4O2/c1-14-7-3-4-8-15(14)18-20-16(21-24-18)13-17(23)19-9-12-22-10-5-2-6-11-22/h3-4,7-8H,2,5-6,9-13H2,1H3,(H,19,23). The number of nitrogens with one attached hydrogen (secondary N) is 1. The molecule has 128 valence electrons. The van der Waals surface area contributed by atoms with E-state index in [0.717, 1.165) is 30.8 Å². The highest BCUT2D eigenvalue weighted by Crippen LogP contribution is 2.20. The van der Waals surface area contributed by atoms with Crippen LogP contribution >= 0.6 is 0 Å². The Labute approximate surface area is 142 Å². The van der Waals surface area contributed by atoms with E-state index >= 15 is 0 Å². The normalized spacial score (nSPS) is 15.4. The smallest absolute Gasteiger partial charge is 0.258 e. The van der Waals surface area contributed by atoms with Gasteiger partial charge in [0, 0.05) is 18.7 Å². The third-order valence-corrected chi connectivity index (χ3v) is 4.36. The zero-order valence-electron chi connectivity index (χ0n) is 14.1. The highest BCUT2D eigenvalue weighted by Gasteiger charge is 2.14. The molecule has 1 aromatic heterocycles. The number of amides is 1. The Morgan fingerprint density at radius 1 is 1.25 bits per heavy atom. The molecule has 3 rings (SSSR count). The number of hydrogen-bond donors (Lipinski definition) is 1. The Kier molecular flexibility index (Phi) is 5.59. The Hall–Kier alpha value is -2.21. The van der Waals surface area contributed by atoms with E-state index in [9.17, 15) is 4.79 Å². The highest BCUT2D eigenvalue weighted by atomic mass is 16.5. The number of rotatable bonds is 6. The summed E-state index contributed by atoms with van der Waals surface area (Å²) in [5, 5.41) is 6.85. The van der Waals surface area contributed by atoms with E-state index in [1.54, 1.807) is 0 Å². The minimum atomic E-state index is -0.0656. The molecule has 2 heterocycles. The molecule has 1 aliphatic heterocycles. The summed E-state index contributed by atoms with van der Waals surface area (Å²) < 4.78 is 5.28. The first kappa shape index (κ1) is 16.6. The lowest BCUT2D eigenvalue weighted by atomic mass is 10.1. The largest absolute Gasteiger partial charge is 0.354 e. The van der Waals surface area contributed by atoms with E-state index in [0.29, 0.717) is 18.3 Å². The van der Waals surface area contributed by atoms with Gasteiger partial charge >= 0.3 is 0 Å². The SMILES string of the molecule is Cc1ccccc1-c1nc(CC(=O)NCCN2CCCCC2)no1. The molecule has 6 nitrogen and oxygen atoms in total. The molecule has 1 N–H and O–H groups in total. The van der Waals surface area contributed by atoms with Crippen LogP contribution in [0, 0.1) is 6.92 Å². The van der Waals surface area contributed by atoms with Crippen LogP contribution in [-0.2, 0) is 11.2 Å². The first-order chi connectivity index (χ1) is 11.7. The van der Waals surface area contributed by atoms with Gasteiger partial charge in [-0.25, -0.2) is 0 Å². The van der Waals surface area contributed by atoms with Gasteiger partial charge in [-0.3, -0.25) is 4.79 Å². The van der Waals surface area contributed by atoms with Crippen LogP contribution in [0.3, 0.4) is 0 Å². The average molecular weight is 328 g/mol. The molecule has 0 spiro atoms. The van der Waals surface area contributed by atoms with Crippen LogP contribution in [0.1, 0.15) is 30.7 Å². The van der Waals surface area contributed by atoms with Crippen LogP contribution in [-0.4, -0.2) is 47.1 Å². The summed E-state index contributed by atoms with van der Waals surface area (Å²) in [5.74, 6) is 0.817. The minimum Gasteiger partial charge on any atom is -0.354 e. The molecule has 0 bridgehead atoms. The van der Waals surface area contributed by atoms with Crippen molar-refractivity contribution in [3.05, 3.63) is 35.7 Å². The van der Waals surface area contributed by atoms with Gasteiger partial charge < -0.3 is 14.7 Å². The number of likely N-dealkylation sites (tertiary alicyclic amines) is 1. The van der Waals surface area contributed by atoms with E-state index < -0.39 is 0 Å².